The number of amides is 1. The van der Waals surface area contributed by atoms with Crippen LogP contribution in [0, 0.1) is 18.3 Å². The second-order valence-corrected chi connectivity index (χ2v) is 6.58. The maximum absolute atomic E-state index is 12.1. The Kier molecular flexibility index (Phi) is 4.63. The van der Waals surface area contributed by atoms with E-state index in [2.05, 4.69) is 16.4 Å². The van der Waals surface area contributed by atoms with Gasteiger partial charge in [0.25, 0.3) is 0 Å². The van der Waals surface area contributed by atoms with E-state index in [-0.39, 0.29) is 11.7 Å². The van der Waals surface area contributed by atoms with Gasteiger partial charge in [0.05, 0.1) is 11.3 Å². The predicted molar refractivity (Wildman–Crippen MR) is 91.5 cm³/mol. The minimum atomic E-state index is -0.0909. The summed E-state index contributed by atoms with van der Waals surface area (Å²) in [6.45, 7) is 1.98. The minimum absolute atomic E-state index is 0.0909. The average Bonchev–Trinajstić information content (AvgIpc) is 2.99. The van der Waals surface area contributed by atoms with Crippen LogP contribution in [0.3, 0.4) is 0 Å². The van der Waals surface area contributed by atoms with Gasteiger partial charge in [0.15, 0.2) is 0 Å². The lowest BCUT2D eigenvalue weighted by Crippen LogP contribution is -2.14. The number of hydrogen-bond donors (Lipinski definition) is 1. The fraction of sp³-hybridized carbons (Fsp3) is 0.278. The van der Waals surface area contributed by atoms with Gasteiger partial charge in [-0.3, -0.25) is 4.79 Å². The highest BCUT2D eigenvalue weighted by Crippen LogP contribution is 2.27. The molecule has 0 fully saturated rings. The molecule has 0 unspecified atom stereocenters. The molecular formula is C18H17N3OS. The molecule has 1 aromatic carbocycles. The predicted octanol–water partition coefficient (Wildman–Crippen LogP) is 3.48. The second kappa shape index (κ2) is 6.84. The highest BCUT2D eigenvalue weighted by Gasteiger charge is 2.17. The third-order valence-corrected chi connectivity index (χ3v) is 4.77. The molecule has 4 nitrogen and oxygen atoms in total. The van der Waals surface area contributed by atoms with Crippen molar-refractivity contribution in [2.24, 2.45) is 0 Å². The van der Waals surface area contributed by atoms with Gasteiger partial charge in [0, 0.05) is 11.4 Å². The van der Waals surface area contributed by atoms with Crippen LogP contribution >= 0.6 is 11.8 Å². The van der Waals surface area contributed by atoms with Crippen molar-refractivity contribution in [1.29, 1.82) is 5.26 Å². The molecule has 23 heavy (non-hydrogen) atoms. The van der Waals surface area contributed by atoms with Crippen LogP contribution in [0.15, 0.2) is 35.4 Å². The zero-order chi connectivity index (χ0) is 16.2. The van der Waals surface area contributed by atoms with Gasteiger partial charge in [-0.2, -0.15) is 5.26 Å². The Hall–Kier alpha value is -2.32. The summed E-state index contributed by atoms with van der Waals surface area (Å²) in [5.74, 6) is 0.154. The number of carbonyl (C=O) groups is 1. The molecule has 2 aromatic rings. The SMILES string of the molecule is Cc1cccc(NC(=O)CSc2nc3c(cc2C#N)CCC3)c1. The Balaban J connectivity index is 1.66. The molecule has 1 aliphatic carbocycles. The maximum atomic E-state index is 12.1. The molecule has 1 amide bonds. The lowest BCUT2D eigenvalue weighted by atomic mass is 10.2. The molecule has 1 heterocycles. The maximum Gasteiger partial charge on any atom is 0.234 e. The Morgan fingerprint density at radius 1 is 1.39 bits per heavy atom. The number of benzene rings is 1. The van der Waals surface area contributed by atoms with E-state index < -0.39 is 0 Å². The van der Waals surface area contributed by atoms with Crippen LogP contribution in [-0.4, -0.2) is 16.6 Å². The zero-order valence-corrected chi connectivity index (χ0v) is 13.7. The normalized spacial score (nSPS) is 12.5. The van der Waals surface area contributed by atoms with Crippen LogP contribution in [0.25, 0.3) is 0 Å². The second-order valence-electron chi connectivity index (χ2n) is 5.62. The highest BCUT2D eigenvalue weighted by atomic mass is 32.2. The minimum Gasteiger partial charge on any atom is -0.325 e. The first-order valence-electron chi connectivity index (χ1n) is 7.58. The Morgan fingerprint density at radius 3 is 3.04 bits per heavy atom. The molecule has 5 heteroatoms. The molecule has 0 aliphatic heterocycles. The van der Waals surface area contributed by atoms with E-state index in [1.807, 2.05) is 37.3 Å². The van der Waals surface area contributed by atoms with Crippen molar-refractivity contribution in [3.8, 4) is 6.07 Å². The van der Waals surface area contributed by atoms with Gasteiger partial charge in [-0.05, 0) is 55.5 Å². The van der Waals surface area contributed by atoms with Crippen molar-refractivity contribution >= 4 is 23.4 Å². The number of anilines is 1. The van der Waals surface area contributed by atoms with Gasteiger partial charge in [-0.25, -0.2) is 4.98 Å². The lowest BCUT2D eigenvalue weighted by molar-refractivity contribution is -0.113. The summed E-state index contributed by atoms with van der Waals surface area (Å²) in [5.41, 5.74) is 4.71. The summed E-state index contributed by atoms with van der Waals surface area (Å²) in [5, 5.41) is 12.8. The fourth-order valence-electron chi connectivity index (χ4n) is 2.70. The van der Waals surface area contributed by atoms with Crippen molar-refractivity contribution in [1.82, 2.24) is 4.98 Å². The first-order chi connectivity index (χ1) is 11.2. The first-order valence-corrected chi connectivity index (χ1v) is 8.56. The van der Waals surface area contributed by atoms with Gasteiger partial charge in [-0.1, -0.05) is 23.9 Å². The number of nitrogens with one attached hydrogen (secondary N) is 1. The van der Waals surface area contributed by atoms with Gasteiger partial charge >= 0.3 is 0 Å². The molecule has 3 rings (SSSR count). The van der Waals surface area contributed by atoms with E-state index in [4.69, 9.17) is 0 Å². The summed E-state index contributed by atoms with van der Waals surface area (Å²) in [6, 6.07) is 11.8. The smallest absolute Gasteiger partial charge is 0.234 e. The third kappa shape index (κ3) is 3.72. The number of fused-ring (bicyclic) bond motifs is 1. The van der Waals surface area contributed by atoms with Crippen molar-refractivity contribution < 1.29 is 4.79 Å². The van der Waals surface area contributed by atoms with E-state index in [9.17, 15) is 10.1 Å². The van der Waals surface area contributed by atoms with Crippen LogP contribution < -0.4 is 5.32 Å². The number of rotatable bonds is 4. The molecule has 116 valence electrons. The number of nitriles is 1. The molecule has 0 bridgehead atoms. The topological polar surface area (TPSA) is 65.8 Å². The summed E-state index contributed by atoms with van der Waals surface area (Å²) >= 11 is 1.32. The first kappa shape index (κ1) is 15.6. The number of pyridine rings is 1. The van der Waals surface area contributed by atoms with Gasteiger partial charge in [-0.15, -0.1) is 0 Å². The largest absolute Gasteiger partial charge is 0.325 e. The molecule has 1 aliphatic rings. The summed E-state index contributed by atoms with van der Waals surface area (Å²) < 4.78 is 0. The van der Waals surface area contributed by atoms with Gasteiger partial charge < -0.3 is 5.32 Å². The van der Waals surface area contributed by atoms with E-state index >= 15 is 0 Å². The number of aryl methyl sites for hydroxylation is 3. The quantitative estimate of drug-likeness (QED) is 0.875. The number of hydrogen-bond acceptors (Lipinski definition) is 4. The zero-order valence-electron chi connectivity index (χ0n) is 12.9. The molecule has 0 spiro atoms. The third-order valence-electron chi connectivity index (χ3n) is 3.78. The number of nitrogens with zero attached hydrogens (tertiary/aromatic N) is 2. The van der Waals surface area contributed by atoms with Crippen molar-refractivity contribution in [2.75, 3.05) is 11.1 Å². The van der Waals surface area contributed by atoms with Crippen LogP contribution in [0.2, 0.25) is 0 Å². The van der Waals surface area contributed by atoms with Crippen LogP contribution in [0.1, 0.15) is 28.8 Å². The van der Waals surface area contributed by atoms with Crippen molar-refractivity contribution in [3.05, 3.63) is 52.7 Å². The Morgan fingerprint density at radius 2 is 2.26 bits per heavy atom. The van der Waals surface area contributed by atoms with E-state index in [1.54, 1.807) is 0 Å². The van der Waals surface area contributed by atoms with Crippen molar-refractivity contribution in [2.45, 2.75) is 31.2 Å². The van der Waals surface area contributed by atoms with Crippen molar-refractivity contribution in [3.63, 3.8) is 0 Å². The highest BCUT2D eigenvalue weighted by molar-refractivity contribution is 8.00. The number of thioether (sulfide) groups is 1. The number of carbonyl (C=O) groups excluding carboxylic acids is 1. The van der Waals surface area contributed by atoms with Gasteiger partial charge in [0.1, 0.15) is 11.1 Å². The molecule has 1 N–H and O–H groups in total. The average molecular weight is 323 g/mol. The van der Waals surface area contributed by atoms with E-state index in [0.717, 1.165) is 36.2 Å². The molecule has 0 saturated heterocycles. The standard InChI is InChI=1S/C18H17N3OS/c1-12-4-2-6-15(8-12)20-17(22)11-23-18-14(10-19)9-13-5-3-7-16(13)21-18/h2,4,6,8-9H,3,5,7,11H2,1H3,(H,20,22). The molecular weight excluding hydrogens is 306 g/mol. The number of aromatic nitrogens is 1. The van der Waals surface area contributed by atoms with Crippen LogP contribution in [0.4, 0.5) is 5.69 Å². The van der Waals surface area contributed by atoms with Gasteiger partial charge in [0.2, 0.25) is 5.91 Å². The molecule has 0 atom stereocenters. The fourth-order valence-corrected chi connectivity index (χ4v) is 3.47. The van der Waals surface area contributed by atoms with E-state index in [1.165, 1.54) is 17.3 Å². The summed E-state index contributed by atoms with van der Waals surface area (Å²) in [4.78, 5) is 16.7. The lowest BCUT2D eigenvalue weighted by Gasteiger charge is -2.08. The Labute approximate surface area is 139 Å². The summed E-state index contributed by atoms with van der Waals surface area (Å²) in [6.07, 6.45) is 3.05. The van der Waals surface area contributed by atoms with Crippen LogP contribution in [-0.2, 0) is 17.6 Å². The van der Waals surface area contributed by atoms with E-state index in [0.29, 0.717) is 10.6 Å². The summed E-state index contributed by atoms with van der Waals surface area (Å²) in [7, 11) is 0. The molecule has 1 aromatic heterocycles. The molecule has 0 saturated carbocycles. The monoisotopic (exact) mass is 323 g/mol. The van der Waals surface area contributed by atoms with Crippen LogP contribution in [0.5, 0.6) is 0 Å². The Bertz CT molecular complexity index is 795. The molecule has 0 radical (unpaired) electrons.